The molecule has 210 valence electrons. The molecule has 1 amide bonds. The summed E-state index contributed by atoms with van der Waals surface area (Å²) in [5, 5.41) is 19.7. The molecule has 0 bridgehead atoms. The van der Waals surface area contributed by atoms with Gasteiger partial charge < -0.3 is 19.1 Å². The molecule has 0 unspecified atom stereocenters. The van der Waals surface area contributed by atoms with Crippen molar-refractivity contribution in [1.82, 2.24) is 9.97 Å². The fourth-order valence-electron chi connectivity index (χ4n) is 3.44. The third-order valence-corrected chi connectivity index (χ3v) is 6.77. The van der Waals surface area contributed by atoms with Crippen molar-refractivity contribution in [1.29, 1.82) is 0 Å². The third kappa shape index (κ3) is 8.33. The highest BCUT2D eigenvalue weighted by Gasteiger charge is 2.20. The Balaban J connectivity index is 1.61. The number of amides is 1. The van der Waals surface area contributed by atoms with E-state index in [2.05, 4.69) is 14.3 Å². The number of carboxylic acid groups (broad SMARTS) is 1. The average Bonchev–Trinajstić information content (AvgIpc) is 2.83. The van der Waals surface area contributed by atoms with Gasteiger partial charge in [-0.05, 0) is 54.5 Å². The topological polar surface area (TPSA) is 157 Å². The van der Waals surface area contributed by atoms with E-state index in [1.54, 1.807) is 0 Å². The van der Waals surface area contributed by atoms with Gasteiger partial charge >= 0.3 is 6.09 Å². The maximum absolute atomic E-state index is 14.9. The second kappa shape index (κ2) is 12.8. The summed E-state index contributed by atoms with van der Waals surface area (Å²) in [6, 6.07) is 5.67. The smallest absolute Gasteiger partial charge is 0.437 e. The van der Waals surface area contributed by atoms with Crippen LogP contribution >= 0.6 is 11.6 Å². The molecule has 0 aliphatic heterocycles. The zero-order chi connectivity index (χ0) is 28.7. The number of aromatic nitrogens is 2. The van der Waals surface area contributed by atoms with Crippen molar-refractivity contribution >= 4 is 33.5 Å². The summed E-state index contributed by atoms with van der Waals surface area (Å²) < 4.78 is 67.4. The Kier molecular flexibility index (Phi) is 9.77. The Morgan fingerprint density at radius 3 is 2.51 bits per heavy atom. The van der Waals surface area contributed by atoms with E-state index in [0.29, 0.717) is 6.42 Å². The zero-order valence-corrected chi connectivity index (χ0v) is 21.8. The predicted octanol–water partition coefficient (Wildman–Crippen LogP) is 5.71. The van der Waals surface area contributed by atoms with Gasteiger partial charge in [0.05, 0.1) is 30.4 Å². The number of carbonyl (C=O) groups is 1. The number of hydrogen-bond donors (Lipinski definition) is 3. The molecule has 1 aromatic heterocycles. The first-order chi connectivity index (χ1) is 18.4. The number of ether oxygens (including phenoxy) is 2. The minimum Gasteiger partial charge on any atom is -0.493 e. The van der Waals surface area contributed by atoms with Crippen LogP contribution in [-0.2, 0) is 15.9 Å². The minimum atomic E-state index is -3.26. The van der Waals surface area contributed by atoms with Crippen LogP contribution in [0, 0.1) is 27.6 Å². The van der Waals surface area contributed by atoms with Crippen LogP contribution in [0.25, 0.3) is 11.3 Å². The molecule has 3 aromatic rings. The highest BCUT2D eigenvalue weighted by molar-refractivity contribution is 7.98. The van der Waals surface area contributed by atoms with Crippen molar-refractivity contribution in [2.45, 2.75) is 18.6 Å². The summed E-state index contributed by atoms with van der Waals surface area (Å²) >= 11 is 5.65. The van der Waals surface area contributed by atoms with Gasteiger partial charge in [0.1, 0.15) is 11.4 Å². The van der Waals surface area contributed by atoms with Crippen LogP contribution in [0.15, 0.2) is 40.9 Å². The molecule has 0 spiro atoms. The first-order valence-electron chi connectivity index (χ1n) is 11.1. The molecule has 39 heavy (non-hydrogen) atoms. The van der Waals surface area contributed by atoms with Crippen LogP contribution in [0.5, 0.6) is 11.5 Å². The van der Waals surface area contributed by atoms with E-state index in [9.17, 15) is 32.6 Å². The molecule has 0 aliphatic rings. The lowest BCUT2D eigenvalue weighted by Gasteiger charge is -2.17. The van der Waals surface area contributed by atoms with Crippen LogP contribution in [0.3, 0.4) is 0 Å². The zero-order valence-electron chi connectivity index (χ0n) is 20.2. The van der Waals surface area contributed by atoms with Gasteiger partial charge in [-0.25, -0.2) is 27.9 Å². The van der Waals surface area contributed by atoms with Crippen molar-refractivity contribution < 1.29 is 42.0 Å². The molecule has 16 heteroatoms. The SMILES string of the molecule is C[SH](O)(Cc1cc(OCCCCOc2c(F)ccc(-c3nc(Cl)ncc3F)c2F)cc([N+](=O)[O-])c1)=NC(=O)O. The first kappa shape index (κ1) is 29.7. The van der Waals surface area contributed by atoms with Crippen molar-refractivity contribution in [3.05, 3.63) is 74.9 Å². The van der Waals surface area contributed by atoms with E-state index in [1.165, 1.54) is 18.4 Å². The second-order valence-electron chi connectivity index (χ2n) is 8.20. The fourth-order valence-corrected chi connectivity index (χ4v) is 4.89. The summed E-state index contributed by atoms with van der Waals surface area (Å²) in [5.74, 6) is -3.98. The van der Waals surface area contributed by atoms with E-state index in [1.807, 2.05) is 0 Å². The Bertz CT molecular complexity index is 1460. The van der Waals surface area contributed by atoms with E-state index in [4.69, 9.17) is 26.2 Å². The number of nitro benzene ring substituents is 1. The lowest BCUT2D eigenvalue weighted by Crippen LogP contribution is -2.13. The van der Waals surface area contributed by atoms with Crippen molar-refractivity contribution in [3.8, 4) is 22.8 Å². The lowest BCUT2D eigenvalue weighted by molar-refractivity contribution is -0.385. The number of halogens is 4. The molecule has 2 N–H and O–H groups in total. The molecule has 2 aromatic carbocycles. The highest BCUT2D eigenvalue weighted by Crippen LogP contribution is 2.32. The first-order valence-corrected chi connectivity index (χ1v) is 13.8. The van der Waals surface area contributed by atoms with Crippen LogP contribution in [0.1, 0.15) is 18.4 Å². The van der Waals surface area contributed by atoms with Gasteiger partial charge in [-0.1, -0.05) is 10.1 Å². The number of rotatable bonds is 11. The predicted molar refractivity (Wildman–Crippen MR) is 137 cm³/mol. The monoisotopic (exact) mass is 590 g/mol. The standard InChI is InChI=1S/C23H22ClF3N4O7S/c1-39(36,30-23(32)33)12-13-8-14(31(34)35)10-15(9-13)37-6-2-3-7-38-21-17(25)5-4-16(19(21)27)20-18(26)11-28-22(24)29-20/h4-5,8-11,39H,2-3,6-7,12H2,1H3,(H,30,36)(H,32,33). The maximum Gasteiger partial charge on any atom is 0.437 e. The Morgan fingerprint density at radius 2 is 1.85 bits per heavy atom. The van der Waals surface area contributed by atoms with Crippen LogP contribution in [0.2, 0.25) is 5.28 Å². The minimum absolute atomic E-state index is 0.0463. The summed E-state index contributed by atoms with van der Waals surface area (Å²) in [7, 11) is -3.26. The van der Waals surface area contributed by atoms with E-state index in [-0.39, 0.29) is 53.2 Å². The number of hydrogen-bond acceptors (Lipinski definition) is 7. The number of thiol groups is 1. The maximum atomic E-state index is 14.9. The fraction of sp³-hybridized carbons (Fsp3) is 0.261. The quantitative estimate of drug-likeness (QED) is 0.0836. The molecule has 0 saturated heterocycles. The number of unbranched alkanes of at least 4 members (excludes halogenated alkanes) is 1. The van der Waals surface area contributed by atoms with Gasteiger partial charge in [0.2, 0.25) is 5.28 Å². The van der Waals surface area contributed by atoms with Crippen molar-refractivity contribution in [2.75, 3.05) is 19.5 Å². The molecule has 0 radical (unpaired) electrons. The molecular formula is C23H22ClF3N4O7S. The van der Waals surface area contributed by atoms with Gasteiger partial charge in [0.15, 0.2) is 23.2 Å². The summed E-state index contributed by atoms with van der Waals surface area (Å²) in [6.45, 7) is -0.0947. The van der Waals surface area contributed by atoms with Gasteiger partial charge in [-0.2, -0.15) is 4.36 Å². The van der Waals surface area contributed by atoms with Gasteiger partial charge in [-0.15, -0.1) is 0 Å². The highest BCUT2D eigenvalue weighted by atomic mass is 35.5. The second-order valence-corrected chi connectivity index (χ2v) is 11.2. The van der Waals surface area contributed by atoms with E-state index >= 15 is 0 Å². The molecule has 1 heterocycles. The largest absolute Gasteiger partial charge is 0.493 e. The average molecular weight is 591 g/mol. The summed E-state index contributed by atoms with van der Waals surface area (Å²) in [6.07, 6.45) is 1.04. The third-order valence-electron chi connectivity index (χ3n) is 5.02. The Labute approximate surface area is 225 Å². The van der Waals surface area contributed by atoms with Crippen LogP contribution in [-0.4, -0.2) is 50.1 Å². The van der Waals surface area contributed by atoms with E-state index < -0.39 is 50.0 Å². The molecular weight excluding hydrogens is 569 g/mol. The van der Waals surface area contributed by atoms with Crippen molar-refractivity contribution in [2.24, 2.45) is 4.36 Å². The van der Waals surface area contributed by atoms with Gasteiger partial charge in [-0.3, -0.25) is 10.1 Å². The number of benzene rings is 2. The molecule has 11 nitrogen and oxygen atoms in total. The molecule has 0 fully saturated rings. The number of nitro groups is 1. The van der Waals surface area contributed by atoms with Gasteiger partial charge in [0, 0.05) is 17.4 Å². The van der Waals surface area contributed by atoms with Crippen LogP contribution in [0.4, 0.5) is 23.7 Å². The van der Waals surface area contributed by atoms with Crippen LogP contribution < -0.4 is 9.47 Å². The summed E-state index contributed by atoms with van der Waals surface area (Å²) in [4.78, 5) is 28.5. The lowest BCUT2D eigenvalue weighted by atomic mass is 10.1. The Hall–Kier alpha value is -3.82. The molecule has 3 rings (SSSR count). The number of nitrogens with zero attached hydrogens (tertiary/aromatic N) is 4. The van der Waals surface area contributed by atoms with Gasteiger partial charge in [0.25, 0.3) is 5.69 Å². The molecule has 0 atom stereocenters. The van der Waals surface area contributed by atoms with E-state index in [0.717, 1.165) is 24.4 Å². The molecule has 0 aliphatic carbocycles. The molecule has 0 saturated carbocycles. The van der Waals surface area contributed by atoms with Crippen molar-refractivity contribution in [3.63, 3.8) is 0 Å². The Morgan fingerprint density at radius 1 is 1.15 bits per heavy atom. The number of non-ortho nitro benzene ring substituents is 1. The summed E-state index contributed by atoms with van der Waals surface area (Å²) in [5.41, 5.74) is -0.885. The normalized spacial score (nSPS) is 11.6.